The van der Waals surface area contributed by atoms with Gasteiger partial charge in [0, 0.05) is 17.4 Å². The number of pyridine rings is 1. The van der Waals surface area contributed by atoms with E-state index in [-0.39, 0.29) is 23.1 Å². The number of hydrogen-bond donors (Lipinski definition) is 3. The first-order chi connectivity index (χ1) is 16.2. The smallest absolute Gasteiger partial charge is 0.338 e. The van der Waals surface area contributed by atoms with Crippen molar-refractivity contribution >= 4 is 39.0 Å². The Hall–Kier alpha value is -4.00. The predicted molar refractivity (Wildman–Crippen MR) is 120 cm³/mol. The quantitative estimate of drug-likeness (QED) is 0.427. The minimum Gasteiger partial charge on any atom is -0.338 e. The van der Waals surface area contributed by atoms with Gasteiger partial charge in [-0.05, 0) is 42.8 Å². The van der Waals surface area contributed by atoms with Crippen LogP contribution in [0.3, 0.4) is 0 Å². The molecule has 1 aromatic heterocycles. The fourth-order valence-corrected chi connectivity index (χ4v) is 3.39. The van der Waals surface area contributed by atoms with E-state index in [0.717, 1.165) is 24.1 Å². The van der Waals surface area contributed by atoms with Crippen LogP contribution in [0.2, 0.25) is 0 Å². The van der Waals surface area contributed by atoms with Crippen molar-refractivity contribution in [1.82, 2.24) is 9.71 Å². The number of aromatic nitrogens is 1. The second-order valence-electron chi connectivity index (χ2n) is 7.44. The van der Waals surface area contributed by atoms with Crippen molar-refractivity contribution in [2.45, 2.75) is 13.1 Å². The van der Waals surface area contributed by atoms with Gasteiger partial charge in [0.15, 0.2) is 5.82 Å². The van der Waals surface area contributed by atoms with Crippen LogP contribution in [0, 0.1) is 12.7 Å². The number of benzene rings is 2. The minimum absolute atomic E-state index is 0.00370. The number of anilines is 3. The molecule has 3 rings (SSSR count). The highest BCUT2D eigenvalue weighted by molar-refractivity contribution is 7.89. The number of aryl methyl sites for hydroxylation is 1. The van der Waals surface area contributed by atoms with Gasteiger partial charge >= 0.3 is 6.18 Å². The molecule has 0 unspecified atom stereocenters. The molecule has 0 fully saturated rings. The second kappa shape index (κ2) is 9.70. The van der Waals surface area contributed by atoms with Crippen LogP contribution in [0.1, 0.15) is 31.8 Å². The van der Waals surface area contributed by atoms with Crippen molar-refractivity contribution in [2.24, 2.45) is 0 Å². The zero-order valence-electron chi connectivity index (χ0n) is 18.2. The molecule has 0 aliphatic carbocycles. The zero-order chi connectivity index (χ0) is 26.0. The molecule has 13 heteroatoms. The highest BCUT2D eigenvalue weighted by Crippen LogP contribution is 2.31. The Balaban J connectivity index is 2.02. The Morgan fingerprint density at radius 3 is 2.26 bits per heavy atom. The van der Waals surface area contributed by atoms with Gasteiger partial charge in [0.25, 0.3) is 11.8 Å². The summed E-state index contributed by atoms with van der Waals surface area (Å²) < 4.78 is 77.4. The molecule has 0 saturated carbocycles. The number of carbonyl (C=O) groups is 2. The maximum Gasteiger partial charge on any atom is 0.416 e. The van der Waals surface area contributed by atoms with E-state index in [1.54, 1.807) is 35.9 Å². The van der Waals surface area contributed by atoms with E-state index in [4.69, 9.17) is 0 Å². The van der Waals surface area contributed by atoms with Gasteiger partial charge in [-0.1, -0.05) is 18.2 Å². The van der Waals surface area contributed by atoms with Gasteiger partial charge in [0.1, 0.15) is 5.82 Å². The topological polar surface area (TPSA) is 117 Å². The largest absolute Gasteiger partial charge is 0.416 e. The van der Waals surface area contributed by atoms with Crippen molar-refractivity contribution in [3.63, 3.8) is 0 Å². The number of alkyl halides is 3. The van der Waals surface area contributed by atoms with E-state index >= 15 is 0 Å². The molecule has 0 radical (unpaired) electrons. The summed E-state index contributed by atoms with van der Waals surface area (Å²) in [5.41, 5.74) is -1.08. The zero-order valence-corrected chi connectivity index (χ0v) is 19.0. The highest BCUT2D eigenvalue weighted by atomic mass is 32.2. The van der Waals surface area contributed by atoms with Gasteiger partial charge in [-0.15, -0.1) is 0 Å². The maximum atomic E-state index is 13.8. The van der Waals surface area contributed by atoms with Gasteiger partial charge in [0.05, 0.1) is 23.1 Å². The molecule has 0 bridgehead atoms. The van der Waals surface area contributed by atoms with E-state index in [0.29, 0.717) is 17.8 Å². The first-order valence-corrected chi connectivity index (χ1v) is 11.7. The molecule has 2 amide bonds. The van der Waals surface area contributed by atoms with Crippen LogP contribution in [-0.4, -0.2) is 31.5 Å². The molecule has 0 spiro atoms. The van der Waals surface area contributed by atoms with Crippen molar-refractivity contribution in [3.8, 4) is 0 Å². The third kappa shape index (κ3) is 6.76. The Morgan fingerprint density at radius 2 is 1.63 bits per heavy atom. The standard InChI is InChI=1S/C22H18F4N4O4S/c1-12-5-3-4-6-17(12)28-19-18(9-14(11-27-19)21(32)30-35(2,33)34)29-20(31)13-7-15(22(24,25)26)10-16(23)8-13/h3-11H,1-2H3,(H,27,28)(H,29,31)(H,30,32). The molecular formula is C22H18F4N4O4S. The van der Waals surface area contributed by atoms with Crippen LogP contribution < -0.4 is 15.4 Å². The third-order valence-electron chi connectivity index (χ3n) is 4.56. The molecular weight excluding hydrogens is 492 g/mol. The number of nitrogens with zero attached hydrogens (tertiary/aromatic N) is 1. The molecule has 0 aliphatic heterocycles. The minimum atomic E-state index is -4.89. The fourth-order valence-electron chi connectivity index (χ4n) is 2.93. The predicted octanol–water partition coefficient (Wildman–Crippen LogP) is 4.23. The molecule has 0 saturated heterocycles. The van der Waals surface area contributed by atoms with Crippen LogP contribution in [0.15, 0.2) is 54.7 Å². The summed E-state index contributed by atoms with van der Waals surface area (Å²) >= 11 is 0. The number of rotatable bonds is 6. The molecule has 1 heterocycles. The molecule has 0 aliphatic rings. The molecule has 2 aromatic carbocycles. The lowest BCUT2D eigenvalue weighted by molar-refractivity contribution is -0.137. The number of carbonyl (C=O) groups excluding carboxylic acids is 2. The second-order valence-corrected chi connectivity index (χ2v) is 9.19. The lowest BCUT2D eigenvalue weighted by Crippen LogP contribution is -2.29. The Kier molecular flexibility index (Phi) is 7.10. The summed E-state index contributed by atoms with van der Waals surface area (Å²) in [6.45, 7) is 1.78. The Bertz CT molecular complexity index is 1410. The molecule has 3 aromatic rings. The molecule has 3 N–H and O–H groups in total. The maximum absolute atomic E-state index is 13.8. The van der Waals surface area contributed by atoms with E-state index in [1.807, 2.05) is 0 Å². The summed E-state index contributed by atoms with van der Waals surface area (Å²) in [6.07, 6.45) is -3.09. The highest BCUT2D eigenvalue weighted by Gasteiger charge is 2.32. The number of para-hydroxylation sites is 1. The number of nitrogens with one attached hydrogen (secondary N) is 3. The van der Waals surface area contributed by atoms with Gasteiger partial charge in [0.2, 0.25) is 10.0 Å². The first-order valence-electron chi connectivity index (χ1n) is 9.77. The van der Waals surface area contributed by atoms with E-state index in [1.165, 1.54) is 0 Å². The van der Waals surface area contributed by atoms with Gasteiger partial charge in [-0.3, -0.25) is 9.59 Å². The number of amides is 2. The molecule has 8 nitrogen and oxygen atoms in total. The van der Waals surface area contributed by atoms with Gasteiger partial charge in [-0.2, -0.15) is 13.2 Å². The van der Waals surface area contributed by atoms with Crippen LogP contribution in [0.5, 0.6) is 0 Å². The van der Waals surface area contributed by atoms with Gasteiger partial charge in [-0.25, -0.2) is 22.5 Å². The third-order valence-corrected chi connectivity index (χ3v) is 5.12. The number of sulfonamides is 1. The van der Waals surface area contributed by atoms with Crippen LogP contribution in [-0.2, 0) is 16.2 Å². The number of halogens is 4. The summed E-state index contributed by atoms with van der Waals surface area (Å²) in [6, 6.07) is 9.38. The van der Waals surface area contributed by atoms with E-state index in [9.17, 15) is 35.6 Å². The number of hydrogen-bond acceptors (Lipinski definition) is 6. The van der Waals surface area contributed by atoms with Crippen LogP contribution in [0.25, 0.3) is 0 Å². The summed E-state index contributed by atoms with van der Waals surface area (Å²) in [4.78, 5) is 29.0. The summed E-state index contributed by atoms with van der Waals surface area (Å²) in [5, 5.41) is 5.23. The van der Waals surface area contributed by atoms with Crippen molar-refractivity contribution in [3.05, 3.63) is 82.8 Å². The van der Waals surface area contributed by atoms with Crippen molar-refractivity contribution < 1.29 is 35.6 Å². The van der Waals surface area contributed by atoms with Crippen LogP contribution >= 0.6 is 0 Å². The monoisotopic (exact) mass is 510 g/mol. The van der Waals surface area contributed by atoms with Crippen molar-refractivity contribution in [2.75, 3.05) is 16.9 Å². The Labute approximate surface area is 197 Å². The normalized spacial score (nSPS) is 11.6. The fraction of sp³-hybridized carbons (Fsp3) is 0.136. The average Bonchev–Trinajstić information content (AvgIpc) is 2.74. The molecule has 35 heavy (non-hydrogen) atoms. The van der Waals surface area contributed by atoms with E-state index in [2.05, 4.69) is 15.6 Å². The van der Waals surface area contributed by atoms with Crippen LogP contribution in [0.4, 0.5) is 34.8 Å². The summed E-state index contributed by atoms with van der Waals surface area (Å²) in [7, 11) is -3.92. The van der Waals surface area contributed by atoms with Crippen molar-refractivity contribution in [1.29, 1.82) is 0 Å². The molecule has 184 valence electrons. The Morgan fingerprint density at radius 1 is 0.943 bits per heavy atom. The van der Waals surface area contributed by atoms with E-state index < -0.39 is 45.0 Å². The first kappa shape index (κ1) is 25.6. The summed E-state index contributed by atoms with van der Waals surface area (Å²) in [5.74, 6) is -3.45. The average molecular weight is 510 g/mol. The molecule has 0 atom stereocenters. The SMILES string of the molecule is Cc1ccccc1Nc1ncc(C(=O)NS(C)(=O)=O)cc1NC(=O)c1cc(F)cc(C(F)(F)F)c1. The lowest BCUT2D eigenvalue weighted by Gasteiger charge is -2.15. The lowest BCUT2D eigenvalue weighted by atomic mass is 10.1. The van der Waals surface area contributed by atoms with Gasteiger partial charge < -0.3 is 10.6 Å².